The van der Waals surface area contributed by atoms with E-state index in [1.54, 1.807) is 6.26 Å². The van der Waals surface area contributed by atoms with Gasteiger partial charge in [0.25, 0.3) is 0 Å². The molecule has 4 rings (SSSR count). The van der Waals surface area contributed by atoms with Gasteiger partial charge in [0.15, 0.2) is 0 Å². The zero-order chi connectivity index (χ0) is 14.9. The standard InChI is InChI=1S/C19H16N2O/c1-14-3-2-4-19-17(14)9-11-21(19)13-15-5-7-16(8-6-15)18-10-12-22-20-18/h2-12H,13H2,1H3. The van der Waals surface area contributed by atoms with Crippen LogP contribution in [0.15, 0.2) is 71.6 Å². The molecule has 0 amide bonds. The second-order valence-corrected chi connectivity index (χ2v) is 5.53. The highest BCUT2D eigenvalue weighted by molar-refractivity contribution is 5.83. The first kappa shape index (κ1) is 12.9. The molecule has 2 aromatic carbocycles. The molecule has 0 fully saturated rings. The van der Waals surface area contributed by atoms with Crippen molar-refractivity contribution in [1.82, 2.24) is 9.72 Å². The number of aryl methyl sites for hydroxylation is 1. The number of benzene rings is 2. The Morgan fingerprint density at radius 1 is 1.00 bits per heavy atom. The Balaban J connectivity index is 1.64. The van der Waals surface area contributed by atoms with E-state index in [1.807, 2.05) is 6.07 Å². The minimum absolute atomic E-state index is 0.867. The predicted octanol–water partition coefficient (Wildman–Crippen LogP) is 4.65. The minimum Gasteiger partial charge on any atom is -0.364 e. The second kappa shape index (κ2) is 5.19. The van der Waals surface area contributed by atoms with Crippen LogP contribution >= 0.6 is 0 Å². The van der Waals surface area contributed by atoms with Crippen molar-refractivity contribution in [2.75, 3.05) is 0 Å². The lowest BCUT2D eigenvalue weighted by molar-refractivity contribution is 0.422. The maximum absolute atomic E-state index is 4.89. The molecule has 0 spiro atoms. The van der Waals surface area contributed by atoms with E-state index >= 15 is 0 Å². The zero-order valence-electron chi connectivity index (χ0n) is 12.4. The first-order chi connectivity index (χ1) is 10.8. The Morgan fingerprint density at radius 2 is 1.86 bits per heavy atom. The van der Waals surface area contributed by atoms with Gasteiger partial charge in [0.1, 0.15) is 12.0 Å². The quantitative estimate of drug-likeness (QED) is 0.549. The molecular weight excluding hydrogens is 272 g/mol. The highest BCUT2D eigenvalue weighted by Crippen LogP contribution is 2.22. The van der Waals surface area contributed by atoms with Crippen LogP contribution in [0.1, 0.15) is 11.1 Å². The molecule has 0 aliphatic rings. The summed E-state index contributed by atoms with van der Waals surface area (Å²) in [7, 11) is 0. The first-order valence-electron chi connectivity index (χ1n) is 7.35. The van der Waals surface area contributed by atoms with Crippen LogP contribution in [0.2, 0.25) is 0 Å². The van der Waals surface area contributed by atoms with Crippen molar-refractivity contribution >= 4 is 10.9 Å². The summed E-state index contributed by atoms with van der Waals surface area (Å²) in [6, 6.07) is 19.0. The first-order valence-corrected chi connectivity index (χ1v) is 7.35. The molecule has 3 heteroatoms. The van der Waals surface area contributed by atoms with E-state index in [9.17, 15) is 0 Å². The van der Waals surface area contributed by atoms with Gasteiger partial charge in [0, 0.05) is 35.3 Å². The predicted molar refractivity (Wildman–Crippen MR) is 87.7 cm³/mol. The molecule has 0 atom stereocenters. The van der Waals surface area contributed by atoms with E-state index in [1.165, 1.54) is 22.0 Å². The van der Waals surface area contributed by atoms with E-state index in [2.05, 4.69) is 71.4 Å². The lowest BCUT2D eigenvalue weighted by Gasteiger charge is -2.07. The molecule has 22 heavy (non-hydrogen) atoms. The lowest BCUT2D eigenvalue weighted by atomic mass is 10.1. The third kappa shape index (κ3) is 2.21. The fraction of sp³-hybridized carbons (Fsp3) is 0.105. The number of nitrogens with zero attached hydrogens (tertiary/aromatic N) is 2. The maximum Gasteiger partial charge on any atom is 0.124 e. The molecule has 0 saturated carbocycles. The van der Waals surface area contributed by atoms with Crippen LogP contribution in [0.4, 0.5) is 0 Å². The smallest absolute Gasteiger partial charge is 0.124 e. The fourth-order valence-electron chi connectivity index (χ4n) is 2.85. The van der Waals surface area contributed by atoms with Crippen molar-refractivity contribution in [2.45, 2.75) is 13.5 Å². The SMILES string of the molecule is Cc1cccc2c1ccn2Cc1ccc(-c2ccon2)cc1. The van der Waals surface area contributed by atoms with E-state index in [-0.39, 0.29) is 0 Å². The summed E-state index contributed by atoms with van der Waals surface area (Å²) >= 11 is 0. The average Bonchev–Trinajstić information content (AvgIpc) is 3.19. The van der Waals surface area contributed by atoms with Gasteiger partial charge >= 0.3 is 0 Å². The molecule has 0 aliphatic carbocycles. The summed E-state index contributed by atoms with van der Waals surface area (Å²) in [5, 5.41) is 5.28. The lowest BCUT2D eigenvalue weighted by Crippen LogP contribution is -1.97. The summed E-state index contributed by atoms with van der Waals surface area (Å²) in [5.74, 6) is 0. The van der Waals surface area contributed by atoms with Crippen LogP contribution in [-0.2, 0) is 6.54 Å². The van der Waals surface area contributed by atoms with Crippen molar-refractivity contribution in [3.8, 4) is 11.3 Å². The average molecular weight is 288 g/mol. The number of rotatable bonds is 3. The highest BCUT2D eigenvalue weighted by Gasteiger charge is 2.05. The highest BCUT2D eigenvalue weighted by atomic mass is 16.5. The number of fused-ring (bicyclic) bond motifs is 1. The molecule has 0 bridgehead atoms. The van der Waals surface area contributed by atoms with Crippen LogP contribution in [0.5, 0.6) is 0 Å². The molecule has 3 nitrogen and oxygen atoms in total. The summed E-state index contributed by atoms with van der Waals surface area (Å²) in [5.41, 5.74) is 5.81. The molecular formula is C19H16N2O. The van der Waals surface area contributed by atoms with Crippen molar-refractivity contribution in [3.63, 3.8) is 0 Å². The normalized spacial score (nSPS) is 11.1. The largest absolute Gasteiger partial charge is 0.364 e. The molecule has 2 aromatic heterocycles. The van der Waals surface area contributed by atoms with Crippen LogP contribution in [0.3, 0.4) is 0 Å². The van der Waals surface area contributed by atoms with E-state index in [0.717, 1.165) is 17.8 Å². The summed E-state index contributed by atoms with van der Waals surface area (Å²) < 4.78 is 7.17. The molecule has 0 unspecified atom stereocenters. The summed E-state index contributed by atoms with van der Waals surface area (Å²) in [6.07, 6.45) is 3.75. The Kier molecular flexibility index (Phi) is 3.04. The van der Waals surface area contributed by atoms with Crippen molar-refractivity contribution in [2.24, 2.45) is 0 Å². The molecule has 0 aliphatic heterocycles. The van der Waals surface area contributed by atoms with E-state index < -0.39 is 0 Å². The van der Waals surface area contributed by atoms with Crippen LogP contribution in [-0.4, -0.2) is 9.72 Å². The second-order valence-electron chi connectivity index (χ2n) is 5.53. The minimum atomic E-state index is 0.867. The van der Waals surface area contributed by atoms with Gasteiger partial charge in [-0.05, 0) is 30.2 Å². The number of hydrogen-bond donors (Lipinski definition) is 0. The molecule has 0 saturated heterocycles. The Bertz CT molecular complexity index is 902. The maximum atomic E-state index is 4.89. The van der Waals surface area contributed by atoms with Gasteiger partial charge in [-0.2, -0.15) is 0 Å². The summed E-state index contributed by atoms with van der Waals surface area (Å²) in [4.78, 5) is 0. The van der Waals surface area contributed by atoms with Crippen LogP contribution in [0.25, 0.3) is 22.2 Å². The van der Waals surface area contributed by atoms with Crippen molar-refractivity contribution in [1.29, 1.82) is 0 Å². The third-order valence-corrected chi connectivity index (χ3v) is 4.07. The monoisotopic (exact) mass is 288 g/mol. The van der Waals surface area contributed by atoms with Crippen LogP contribution in [0, 0.1) is 6.92 Å². The van der Waals surface area contributed by atoms with Gasteiger partial charge in [0.05, 0.1) is 0 Å². The van der Waals surface area contributed by atoms with Gasteiger partial charge in [-0.1, -0.05) is 41.6 Å². The molecule has 108 valence electrons. The van der Waals surface area contributed by atoms with Gasteiger partial charge in [-0.25, -0.2) is 0 Å². The zero-order valence-corrected chi connectivity index (χ0v) is 12.4. The Morgan fingerprint density at radius 3 is 2.64 bits per heavy atom. The number of aromatic nitrogens is 2. The van der Waals surface area contributed by atoms with Crippen molar-refractivity contribution < 1.29 is 4.52 Å². The van der Waals surface area contributed by atoms with Gasteiger partial charge < -0.3 is 9.09 Å². The van der Waals surface area contributed by atoms with Crippen LogP contribution < -0.4 is 0 Å². The Labute approximate surface area is 128 Å². The fourth-order valence-corrected chi connectivity index (χ4v) is 2.85. The molecule has 2 heterocycles. The van der Waals surface area contributed by atoms with E-state index in [4.69, 9.17) is 4.52 Å². The molecule has 0 radical (unpaired) electrons. The molecule has 4 aromatic rings. The Hall–Kier alpha value is -2.81. The van der Waals surface area contributed by atoms with E-state index in [0.29, 0.717) is 0 Å². The summed E-state index contributed by atoms with van der Waals surface area (Å²) in [6.45, 7) is 3.02. The number of hydrogen-bond acceptors (Lipinski definition) is 2. The van der Waals surface area contributed by atoms with Gasteiger partial charge in [0.2, 0.25) is 0 Å². The third-order valence-electron chi connectivity index (χ3n) is 4.07. The molecule has 0 N–H and O–H groups in total. The van der Waals surface area contributed by atoms with Gasteiger partial charge in [-0.3, -0.25) is 0 Å². The van der Waals surface area contributed by atoms with Crippen molar-refractivity contribution in [3.05, 3.63) is 78.2 Å². The van der Waals surface area contributed by atoms with Gasteiger partial charge in [-0.15, -0.1) is 0 Å². The topological polar surface area (TPSA) is 31.0 Å².